The van der Waals surface area contributed by atoms with Gasteiger partial charge in [0.05, 0.1) is 24.3 Å². The Balaban J connectivity index is 1.66. The minimum Gasteiger partial charge on any atom is -0.343 e. The smallest absolute Gasteiger partial charge is 0.256 e. The van der Waals surface area contributed by atoms with Gasteiger partial charge in [-0.05, 0) is 49.6 Å². The Kier molecular flexibility index (Phi) is 6.52. The molecule has 30 heavy (non-hydrogen) atoms. The Hall–Kier alpha value is -3.19. The first-order chi connectivity index (χ1) is 14.3. The quantitative estimate of drug-likeness (QED) is 0.622. The van der Waals surface area contributed by atoms with Gasteiger partial charge in [0.25, 0.3) is 5.91 Å². The Morgan fingerprint density at radius 1 is 1.07 bits per heavy atom. The summed E-state index contributed by atoms with van der Waals surface area (Å²) in [6.45, 7) is 5.56. The number of para-hydroxylation sites is 1. The van der Waals surface area contributed by atoms with E-state index in [0.717, 1.165) is 22.4 Å². The Labute approximate surface area is 179 Å². The van der Waals surface area contributed by atoms with Crippen LogP contribution in [0.3, 0.4) is 0 Å². The lowest BCUT2D eigenvalue weighted by Gasteiger charge is -2.12. The fraction of sp³-hybridized carbons (Fsp3) is 0.227. The van der Waals surface area contributed by atoms with Gasteiger partial charge in [0.15, 0.2) is 0 Å². The maximum Gasteiger partial charge on any atom is 0.256 e. The van der Waals surface area contributed by atoms with Crippen molar-refractivity contribution >= 4 is 29.1 Å². The highest BCUT2D eigenvalue weighted by atomic mass is 35.5. The summed E-state index contributed by atoms with van der Waals surface area (Å²) in [7, 11) is 0. The number of benzene rings is 2. The largest absolute Gasteiger partial charge is 0.343 e. The van der Waals surface area contributed by atoms with Gasteiger partial charge in [-0.2, -0.15) is 5.10 Å². The van der Waals surface area contributed by atoms with Crippen molar-refractivity contribution in [3.8, 4) is 0 Å². The molecule has 0 atom stereocenters. The molecule has 0 saturated carbocycles. The van der Waals surface area contributed by atoms with Crippen molar-refractivity contribution in [1.82, 2.24) is 15.1 Å². The highest BCUT2D eigenvalue weighted by molar-refractivity contribution is 6.33. The number of aryl methyl sites for hydroxylation is 3. The summed E-state index contributed by atoms with van der Waals surface area (Å²) in [5, 5.41) is 9.86. The number of carbonyl (C=O) groups excluding carboxylic acids is 2. The molecule has 1 aromatic heterocycles. The second kappa shape index (κ2) is 9.09. The van der Waals surface area contributed by atoms with Gasteiger partial charge in [0.1, 0.15) is 11.0 Å². The number of hydrogen-bond acceptors (Lipinski definition) is 3. The third-order valence-electron chi connectivity index (χ3n) is 4.69. The number of nitrogens with one attached hydrogen (secondary N) is 2. The topological polar surface area (TPSA) is 76.0 Å². The molecule has 0 aliphatic carbocycles. The van der Waals surface area contributed by atoms with Gasteiger partial charge in [-0.15, -0.1) is 0 Å². The van der Waals surface area contributed by atoms with Crippen LogP contribution in [0.4, 0.5) is 10.1 Å². The molecule has 2 amide bonds. The molecule has 0 saturated heterocycles. The number of anilines is 1. The number of aromatic nitrogens is 2. The number of nitrogens with zero attached hydrogens (tertiary/aromatic N) is 2. The first kappa shape index (κ1) is 21.5. The van der Waals surface area contributed by atoms with Crippen LogP contribution in [0.2, 0.25) is 5.15 Å². The van der Waals surface area contributed by atoms with E-state index in [1.54, 1.807) is 19.1 Å². The molecule has 0 unspecified atom stereocenters. The maximum absolute atomic E-state index is 13.1. The van der Waals surface area contributed by atoms with Crippen LogP contribution in [0.25, 0.3) is 0 Å². The first-order valence-corrected chi connectivity index (χ1v) is 9.75. The second-order valence-corrected chi connectivity index (χ2v) is 7.39. The average molecular weight is 429 g/mol. The lowest BCUT2D eigenvalue weighted by Crippen LogP contribution is -2.33. The van der Waals surface area contributed by atoms with Crippen molar-refractivity contribution in [2.75, 3.05) is 11.9 Å². The van der Waals surface area contributed by atoms with E-state index >= 15 is 0 Å². The molecule has 0 aliphatic heterocycles. The summed E-state index contributed by atoms with van der Waals surface area (Å²) < 4.78 is 14.5. The summed E-state index contributed by atoms with van der Waals surface area (Å²) in [6.07, 6.45) is 0. The predicted molar refractivity (Wildman–Crippen MR) is 114 cm³/mol. The minimum absolute atomic E-state index is 0.157. The van der Waals surface area contributed by atoms with Gasteiger partial charge in [0.2, 0.25) is 5.91 Å². The van der Waals surface area contributed by atoms with Crippen molar-refractivity contribution in [1.29, 1.82) is 0 Å². The molecule has 1 heterocycles. The van der Waals surface area contributed by atoms with Crippen molar-refractivity contribution in [3.05, 3.63) is 81.4 Å². The van der Waals surface area contributed by atoms with Crippen molar-refractivity contribution < 1.29 is 14.0 Å². The van der Waals surface area contributed by atoms with E-state index < -0.39 is 5.91 Å². The number of carbonyl (C=O) groups is 2. The van der Waals surface area contributed by atoms with Crippen LogP contribution in [0, 0.1) is 26.6 Å². The highest BCUT2D eigenvalue weighted by Gasteiger charge is 2.21. The number of halogens is 2. The third-order valence-corrected chi connectivity index (χ3v) is 5.08. The highest BCUT2D eigenvalue weighted by Crippen LogP contribution is 2.21. The fourth-order valence-corrected chi connectivity index (χ4v) is 3.44. The van der Waals surface area contributed by atoms with Crippen LogP contribution in [0.5, 0.6) is 0 Å². The van der Waals surface area contributed by atoms with Crippen LogP contribution in [-0.4, -0.2) is 28.1 Å². The standard InChI is InChI=1S/C22H22ClFN4O2/c1-13-5-4-6-14(2)20(13)26-18(29)11-25-22(30)19-15(3)27-28(21(19)23)12-16-7-9-17(24)10-8-16/h4-10H,11-12H2,1-3H3,(H,25,30)(H,26,29). The Morgan fingerprint density at radius 3 is 2.33 bits per heavy atom. The van der Waals surface area contributed by atoms with Gasteiger partial charge < -0.3 is 10.6 Å². The summed E-state index contributed by atoms with van der Waals surface area (Å²) >= 11 is 6.36. The zero-order valence-corrected chi connectivity index (χ0v) is 17.7. The van der Waals surface area contributed by atoms with Crippen LogP contribution in [0.1, 0.15) is 32.7 Å². The van der Waals surface area contributed by atoms with Crippen molar-refractivity contribution in [2.45, 2.75) is 27.3 Å². The lowest BCUT2D eigenvalue weighted by atomic mass is 10.1. The maximum atomic E-state index is 13.1. The minimum atomic E-state index is -0.487. The van der Waals surface area contributed by atoms with Crippen LogP contribution >= 0.6 is 11.6 Å². The molecule has 2 aromatic carbocycles. The van der Waals surface area contributed by atoms with E-state index in [9.17, 15) is 14.0 Å². The molecule has 156 valence electrons. The second-order valence-electron chi connectivity index (χ2n) is 7.03. The average Bonchev–Trinajstić information content (AvgIpc) is 2.98. The molecule has 0 bridgehead atoms. The normalized spacial score (nSPS) is 10.7. The zero-order valence-electron chi connectivity index (χ0n) is 16.9. The van der Waals surface area contributed by atoms with Gasteiger partial charge >= 0.3 is 0 Å². The van der Waals surface area contributed by atoms with Crippen LogP contribution in [-0.2, 0) is 11.3 Å². The predicted octanol–water partition coefficient (Wildman–Crippen LogP) is 4.02. The van der Waals surface area contributed by atoms with Crippen LogP contribution < -0.4 is 10.6 Å². The molecular weight excluding hydrogens is 407 g/mol. The summed E-state index contributed by atoms with van der Waals surface area (Å²) in [4.78, 5) is 24.9. The van der Waals surface area contributed by atoms with E-state index in [0.29, 0.717) is 12.2 Å². The van der Waals surface area contributed by atoms with E-state index in [4.69, 9.17) is 11.6 Å². The first-order valence-electron chi connectivity index (χ1n) is 9.38. The van der Waals surface area contributed by atoms with Gasteiger partial charge in [-0.3, -0.25) is 9.59 Å². The fourth-order valence-electron chi connectivity index (χ4n) is 3.12. The monoisotopic (exact) mass is 428 g/mol. The van der Waals surface area contributed by atoms with E-state index in [1.807, 2.05) is 32.0 Å². The molecule has 6 nitrogen and oxygen atoms in total. The van der Waals surface area contributed by atoms with E-state index in [1.165, 1.54) is 16.8 Å². The molecule has 0 aliphatic rings. The molecule has 0 spiro atoms. The number of rotatable bonds is 6. The molecule has 3 aromatic rings. The van der Waals surface area contributed by atoms with E-state index in [2.05, 4.69) is 15.7 Å². The zero-order chi connectivity index (χ0) is 21.8. The molecule has 0 fully saturated rings. The Bertz CT molecular complexity index is 1070. The Morgan fingerprint density at radius 2 is 1.70 bits per heavy atom. The van der Waals surface area contributed by atoms with E-state index in [-0.39, 0.29) is 29.0 Å². The summed E-state index contributed by atoms with van der Waals surface area (Å²) in [5.41, 5.74) is 4.05. The van der Waals surface area contributed by atoms with Crippen molar-refractivity contribution in [2.24, 2.45) is 0 Å². The summed E-state index contributed by atoms with van der Waals surface area (Å²) in [6, 6.07) is 11.7. The van der Waals surface area contributed by atoms with Gasteiger partial charge in [-0.1, -0.05) is 41.9 Å². The van der Waals surface area contributed by atoms with Crippen molar-refractivity contribution in [3.63, 3.8) is 0 Å². The number of hydrogen-bond donors (Lipinski definition) is 2. The molecule has 3 rings (SSSR count). The molecule has 8 heteroatoms. The molecule has 0 radical (unpaired) electrons. The van der Waals surface area contributed by atoms with Crippen LogP contribution in [0.15, 0.2) is 42.5 Å². The number of amides is 2. The molecular formula is C22H22ClFN4O2. The molecule has 2 N–H and O–H groups in total. The summed E-state index contributed by atoms with van der Waals surface area (Å²) in [5.74, 6) is -1.16. The van der Waals surface area contributed by atoms with Gasteiger partial charge in [0, 0.05) is 5.69 Å². The van der Waals surface area contributed by atoms with Gasteiger partial charge in [-0.25, -0.2) is 9.07 Å². The lowest BCUT2D eigenvalue weighted by molar-refractivity contribution is -0.115. The third kappa shape index (κ3) is 4.86. The SMILES string of the molecule is Cc1cccc(C)c1NC(=O)CNC(=O)c1c(C)nn(Cc2ccc(F)cc2)c1Cl.